The van der Waals surface area contributed by atoms with Gasteiger partial charge in [0.15, 0.2) is 11.5 Å². The van der Waals surface area contributed by atoms with Crippen molar-refractivity contribution in [2.75, 3.05) is 26.3 Å². The average molecular weight is 370 g/mol. The predicted molar refractivity (Wildman–Crippen MR) is 102 cm³/mol. The first-order valence-corrected chi connectivity index (χ1v) is 9.61. The molecule has 0 unspecified atom stereocenters. The Hall–Kier alpha value is -2.54. The molecule has 4 rings (SSSR count). The van der Waals surface area contributed by atoms with Crippen LogP contribution in [0.1, 0.15) is 24.8 Å². The molecular formula is C20H26N4O3. The highest BCUT2D eigenvalue weighted by atomic mass is 16.5. The van der Waals surface area contributed by atoms with E-state index in [1.807, 2.05) is 36.1 Å². The average Bonchev–Trinajstić information content (AvgIpc) is 3.47. The van der Waals surface area contributed by atoms with Crippen molar-refractivity contribution in [2.24, 2.45) is 13.0 Å². The van der Waals surface area contributed by atoms with Gasteiger partial charge in [-0.1, -0.05) is 0 Å². The van der Waals surface area contributed by atoms with Crippen LogP contribution >= 0.6 is 0 Å². The zero-order valence-corrected chi connectivity index (χ0v) is 15.7. The van der Waals surface area contributed by atoms with Gasteiger partial charge in [0.2, 0.25) is 5.91 Å². The molecule has 1 aromatic heterocycles. The van der Waals surface area contributed by atoms with Gasteiger partial charge in [0.25, 0.3) is 0 Å². The van der Waals surface area contributed by atoms with E-state index < -0.39 is 0 Å². The van der Waals surface area contributed by atoms with Gasteiger partial charge in [0.1, 0.15) is 0 Å². The molecule has 1 fully saturated rings. The lowest BCUT2D eigenvalue weighted by molar-refractivity contribution is -0.122. The maximum absolute atomic E-state index is 11.6. The van der Waals surface area contributed by atoms with Crippen LogP contribution in [0.15, 0.2) is 24.4 Å². The minimum atomic E-state index is 0.186. The second-order valence-corrected chi connectivity index (χ2v) is 7.13. The van der Waals surface area contributed by atoms with E-state index >= 15 is 0 Å². The molecule has 2 N–H and O–H groups in total. The molecule has 1 aliphatic heterocycles. The van der Waals surface area contributed by atoms with E-state index in [1.54, 1.807) is 0 Å². The summed E-state index contributed by atoms with van der Waals surface area (Å²) in [5.74, 6) is 2.01. The van der Waals surface area contributed by atoms with Crippen LogP contribution < -0.4 is 20.1 Å². The molecule has 7 heteroatoms. The minimum absolute atomic E-state index is 0.186. The van der Waals surface area contributed by atoms with E-state index in [-0.39, 0.29) is 11.8 Å². The highest BCUT2D eigenvalue weighted by molar-refractivity contribution is 5.80. The van der Waals surface area contributed by atoms with Crippen LogP contribution in [0.5, 0.6) is 11.5 Å². The number of amides is 1. The Bertz CT molecular complexity index is 814. The monoisotopic (exact) mass is 370 g/mol. The second-order valence-electron chi connectivity index (χ2n) is 7.13. The predicted octanol–water partition coefficient (Wildman–Crippen LogP) is 1.86. The van der Waals surface area contributed by atoms with Crippen molar-refractivity contribution in [3.8, 4) is 22.8 Å². The molecule has 0 spiro atoms. The lowest BCUT2D eigenvalue weighted by Gasteiger charge is -2.10. The lowest BCUT2D eigenvalue weighted by atomic mass is 10.1. The molecule has 27 heavy (non-hydrogen) atoms. The fourth-order valence-corrected chi connectivity index (χ4v) is 3.21. The van der Waals surface area contributed by atoms with Crippen molar-refractivity contribution in [3.63, 3.8) is 0 Å². The Morgan fingerprint density at radius 3 is 2.85 bits per heavy atom. The molecule has 1 saturated carbocycles. The third kappa shape index (κ3) is 4.42. The molecule has 0 bridgehead atoms. The zero-order valence-electron chi connectivity index (χ0n) is 15.7. The number of carbonyl (C=O) groups is 1. The topological polar surface area (TPSA) is 77.4 Å². The molecule has 2 aliphatic rings. The van der Waals surface area contributed by atoms with Crippen LogP contribution in [0.3, 0.4) is 0 Å². The quantitative estimate of drug-likeness (QED) is 0.728. The van der Waals surface area contributed by atoms with Crippen LogP contribution in [-0.4, -0.2) is 42.0 Å². The fraction of sp³-hybridized carbons (Fsp3) is 0.500. The highest BCUT2D eigenvalue weighted by Crippen LogP contribution is 2.34. The Morgan fingerprint density at radius 2 is 2.04 bits per heavy atom. The smallest absolute Gasteiger partial charge is 0.223 e. The number of aryl methyl sites for hydroxylation is 1. The van der Waals surface area contributed by atoms with Crippen molar-refractivity contribution >= 4 is 5.91 Å². The number of hydrogen-bond donors (Lipinski definition) is 2. The van der Waals surface area contributed by atoms with Gasteiger partial charge >= 0.3 is 0 Å². The van der Waals surface area contributed by atoms with Crippen LogP contribution in [0, 0.1) is 5.92 Å². The highest BCUT2D eigenvalue weighted by Gasteiger charge is 2.28. The van der Waals surface area contributed by atoms with E-state index in [0.29, 0.717) is 26.3 Å². The Labute approximate surface area is 159 Å². The number of benzene rings is 1. The summed E-state index contributed by atoms with van der Waals surface area (Å²) < 4.78 is 13.3. The van der Waals surface area contributed by atoms with Gasteiger partial charge in [0.05, 0.1) is 18.9 Å². The number of aromatic nitrogens is 2. The van der Waals surface area contributed by atoms with Gasteiger partial charge in [-0.2, -0.15) is 5.10 Å². The Morgan fingerprint density at radius 1 is 1.22 bits per heavy atom. The summed E-state index contributed by atoms with van der Waals surface area (Å²) in [5, 5.41) is 11.0. The largest absolute Gasteiger partial charge is 0.490 e. The summed E-state index contributed by atoms with van der Waals surface area (Å²) >= 11 is 0. The zero-order chi connectivity index (χ0) is 18.6. The molecule has 0 radical (unpaired) electrons. The third-order valence-corrected chi connectivity index (χ3v) is 4.79. The molecule has 1 aliphatic carbocycles. The first-order chi connectivity index (χ1) is 13.2. The van der Waals surface area contributed by atoms with Gasteiger partial charge in [0, 0.05) is 56.3 Å². The van der Waals surface area contributed by atoms with Crippen molar-refractivity contribution in [3.05, 3.63) is 30.0 Å². The van der Waals surface area contributed by atoms with Gasteiger partial charge < -0.3 is 20.1 Å². The van der Waals surface area contributed by atoms with Crippen molar-refractivity contribution in [1.82, 2.24) is 20.4 Å². The molecule has 0 atom stereocenters. The van der Waals surface area contributed by atoms with Crippen LogP contribution in [0.2, 0.25) is 0 Å². The number of nitrogens with zero attached hydrogens (tertiary/aromatic N) is 2. The lowest BCUT2D eigenvalue weighted by Crippen LogP contribution is -2.32. The molecule has 1 amide bonds. The SMILES string of the molecule is Cn1cc(CNCCNC(=O)C2CC2)c(-c2ccc3c(c2)OCCCO3)n1. The normalized spacial score (nSPS) is 16.0. The second kappa shape index (κ2) is 8.00. The first-order valence-electron chi connectivity index (χ1n) is 9.61. The van der Waals surface area contributed by atoms with Gasteiger partial charge in [-0.15, -0.1) is 0 Å². The van der Waals surface area contributed by atoms with Crippen molar-refractivity contribution in [2.45, 2.75) is 25.8 Å². The number of nitrogens with one attached hydrogen (secondary N) is 2. The summed E-state index contributed by atoms with van der Waals surface area (Å²) in [6.45, 7) is 3.42. The van der Waals surface area contributed by atoms with Crippen LogP contribution in [-0.2, 0) is 18.4 Å². The summed E-state index contributed by atoms with van der Waals surface area (Å²) in [4.78, 5) is 11.6. The van der Waals surface area contributed by atoms with Crippen LogP contribution in [0.4, 0.5) is 0 Å². The molecule has 1 aromatic carbocycles. The van der Waals surface area contributed by atoms with E-state index in [0.717, 1.165) is 54.1 Å². The number of fused-ring (bicyclic) bond motifs is 1. The van der Waals surface area contributed by atoms with Gasteiger partial charge in [-0.25, -0.2) is 0 Å². The Kier molecular flexibility index (Phi) is 5.29. The molecule has 2 heterocycles. The standard InChI is InChI=1S/C20H26N4O3/c1-24-13-16(12-21-7-8-22-20(25)14-3-4-14)19(23-24)15-5-6-17-18(11-15)27-10-2-9-26-17/h5-6,11,13-14,21H,2-4,7-10,12H2,1H3,(H,22,25). The maximum atomic E-state index is 11.6. The molecular weight excluding hydrogens is 344 g/mol. The molecule has 2 aromatic rings. The van der Waals surface area contributed by atoms with E-state index in [1.165, 1.54) is 0 Å². The number of ether oxygens (including phenoxy) is 2. The fourth-order valence-electron chi connectivity index (χ4n) is 3.21. The molecule has 144 valence electrons. The summed E-state index contributed by atoms with van der Waals surface area (Å²) in [6.07, 6.45) is 4.98. The number of hydrogen-bond acceptors (Lipinski definition) is 5. The number of rotatable bonds is 7. The van der Waals surface area contributed by atoms with E-state index in [2.05, 4.69) is 15.7 Å². The summed E-state index contributed by atoms with van der Waals surface area (Å²) in [5.41, 5.74) is 3.06. The summed E-state index contributed by atoms with van der Waals surface area (Å²) in [6, 6.07) is 5.98. The maximum Gasteiger partial charge on any atom is 0.223 e. The summed E-state index contributed by atoms with van der Waals surface area (Å²) in [7, 11) is 1.92. The van der Waals surface area contributed by atoms with E-state index in [4.69, 9.17) is 9.47 Å². The van der Waals surface area contributed by atoms with Gasteiger partial charge in [-0.3, -0.25) is 9.48 Å². The molecule has 7 nitrogen and oxygen atoms in total. The van der Waals surface area contributed by atoms with Crippen LogP contribution in [0.25, 0.3) is 11.3 Å². The minimum Gasteiger partial charge on any atom is -0.490 e. The molecule has 0 saturated heterocycles. The van der Waals surface area contributed by atoms with Crippen molar-refractivity contribution < 1.29 is 14.3 Å². The Balaban J connectivity index is 1.38. The first kappa shape index (κ1) is 17.9. The third-order valence-electron chi connectivity index (χ3n) is 4.79. The van der Waals surface area contributed by atoms with Gasteiger partial charge in [-0.05, 0) is 31.0 Å². The number of carbonyl (C=O) groups excluding carboxylic acids is 1. The van der Waals surface area contributed by atoms with Crippen molar-refractivity contribution in [1.29, 1.82) is 0 Å². The van der Waals surface area contributed by atoms with E-state index in [9.17, 15) is 4.79 Å².